The van der Waals surface area contributed by atoms with E-state index in [1.807, 2.05) is 26.0 Å². The number of carbonyl (C=O) groups is 1. The standard InChI is InChI=1S/C20H24N2O5S/c1-4-28(24,25)22(17-7-8-18-19(12-17)27-10-9-26-18)13-20(23)21-16-6-5-14(2)15(3)11-16/h5-8,11-12H,4,9-10,13H2,1-3H3,(H,21,23). The van der Waals surface area contributed by atoms with Crippen LogP contribution >= 0.6 is 0 Å². The number of benzene rings is 2. The molecule has 0 fully saturated rings. The molecular formula is C20H24N2O5S. The van der Waals surface area contributed by atoms with E-state index >= 15 is 0 Å². The molecule has 1 aliphatic heterocycles. The van der Waals surface area contributed by atoms with Gasteiger partial charge in [0.15, 0.2) is 11.5 Å². The summed E-state index contributed by atoms with van der Waals surface area (Å²) in [5.41, 5.74) is 3.15. The van der Waals surface area contributed by atoms with Crippen LogP contribution in [0.25, 0.3) is 0 Å². The Hall–Kier alpha value is -2.74. The quantitative estimate of drug-likeness (QED) is 0.800. The normalized spacial score (nSPS) is 13.1. The minimum atomic E-state index is -3.67. The lowest BCUT2D eigenvalue weighted by atomic mass is 10.1. The van der Waals surface area contributed by atoms with Crippen molar-refractivity contribution in [3.63, 3.8) is 0 Å². The predicted molar refractivity (Wildman–Crippen MR) is 109 cm³/mol. The van der Waals surface area contributed by atoms with E-state index in [0.29, 0.717) is 36.1 Å². The molecule has 0 atom stereocenters. The average molecular weight is 404 g/mol. The lowest BCUT2D eigenvalue weighted by Crippen LogP contribution is -2.39. The Bertz CT molecular complexity index is 988. The molecule has 0 spiro atoms. The molecule has 2 aromatic rings. The van der Waals surface area contributed by atoms with Crippen molar-refractivity contribution < 1.29 is 22.7 Å². The van der Waals surface area contributed by atoms with Gasteiger partial charge in [0, 0.05) is 11.8 Å². The van der Waals surface area contributed by atoms with Gasteiger partial charge in [-0.2, -0.15) is 0 Å². The van der Waals surface area contributed by atoms with Gasteiger partial charge in [-0.25, -0.2) is 8.42 Å². The zero-order valence-corrected chi connectivity index (χ0v) is 17.0. The van der Waals surface area contributed by atoms with Gasteiger partial charge in [0.25, 0.3) is 0 Å². The van der Waals surface area contributed by atoms with Crippen molar-refractivity contribution in [2.45, 2.75) is 20.8 Å². The van der Waals surface area contributed by atoms with Gasteiger partial charge in [-0.1, -0.05) is 6.07 Å². The molecule has 0 unspecified atom stereocenters. The fraction of sp³-hybridized carbons (Fsp3) is 0.350. The zero-order valence-electron chi connectivity index (χ0n) is 16.2. The topological polar surface area (TPSA) is 84.9 Å². The maximum atomic E-state index is 12.6. The number of amides is 1. The summed E-state index contributed by atoms with van der Waals surface area (Å²) in [6, 6.07) is 10.4. The summed E-state index contributed by atoms with van der Waals surface area (Å²) in [6.45, 7) is 5.99. The Kier molecular flexibility index (Phi) is 5.79. The van der Waals surface area contributed by atoms with Crippen LogP contribution in [0.1, 0.15) is 18.1 Å². The van der Waals surface area contributed by atoms with Crippen LogP contribution in [0.15, 0.2) is 36.4 Å². The van der Waals surface area contributed by atoms with Crippen molar-refractivity contribution in [2.75, 3.05) is 35.1 Å². The third-order valence-corrected chi connectivity index (χ3v) is 6.33. The first-order chi connectivity index (χ1) is 13.3. The van der Waals surface area contributed by atoms with E-state index in [0.717, 1.165) is 15.4 Å². The number of ether oxygens (including phenoxy) is 2. The molecule has 0 aliphatic carbocycles. The molecule has 1 heterocycles. The molecule has 2 aromatic carbocycles. The molecule has 1 N–H and O–H groups in total. The van der Waals surface area contributed by atoms with Crippen LogP contribution in [0.3, 0.4) is 0 Å². The molecule has 0 radical (unpaired) electrons. The fourth-order valence-corrected chi connectivity index (χ4v) is 3.90. The minimum absolute atomic E-state index is 0.127. The van der Waals surface area contributed by atoms with Crippen molar-refractivity contribution >= 4 is 27.3 Å². The largest absolute Gasteiger partial charge is 0.486 e. The number of hydrogen-bond donors (Lipinski definition) is 1. The van der Waals surface area contributed by atoms with Gasteiger partial charge in [0.2, 0.25) is 15.9 Å². The van der Waals surface area contributed by atoms with Crippen LogP contribution in [0.4, 0.5) is 11.4 Å². The van der Waals surface area contributed by atoms with Crippen molar-refractivity contribution in [3.05, 3.63) is 47.5 Å². The van der Waals surface area contributed by atoms with E-state index in [9.17, 15) is 13.2 Å². The predicted octanol–water partition coefficient (Wildman–Crippen LogP) is 2.87. The number of fused-ring (bicyclic) bond motifs is 1. The van der Waals surface area contributed by atoms with E-state index in [1.54, 1.807) is 31.2 Å². The van der Waals surface area contributed by atoms with Gasteiger partial charge in [-0.3, -0.25) is 9.10 Å². The van der Waals surface area contributed by atoms with E-state index in [2.05, 4.69) is 5.32 Å². The minimum Gasteiger partial charge on any atom is -0.486 e. The SMILES string of the molecule is CCS(=O)(=O)N(CC(=O)Nc1ccc(C)c(C)c1)c1ccc2c(c1)OCCO2. The van der Waals surface area contributed by atoms with Gasteiger partial charge in [-0.05, 0) is 56.2 Å². The third-order valence-electron chi connectivity index (χ3n) is 4.59. The molecule has 1 aliphatic rings. The molecule has 1 amide bonds. The number of hydrogen-bond acceptors (Lipinski definition) is 5. The van der Waals surface area contributed by atoms with Crippen LogP contribution in [0.2, 0.25) is 0 Å². The van der Waals surface area contributed by atoms with Gasteiger partial charge < -0.3 is 14.8 Å². The zero-order chi connectivity index (χ0) is 20.3. The van der Waals surface area contributed by atoms with Crippen LogP contribution < -0.4 is 19.1 Å². The molecule has 0 bridgehead atoms. The molecule has 28 heavy (non-hydrogen) atoms. The Morgan fingerprint density at radius 2 is 1.75 bits per heavy atom. The molecule has 0 aromatic heterocycles. The van der Waals surface area contributed by atoms with Gasteiger partial charge in [0.05, 0.1) is 11.4 Å². The van der Waals surface area contributed by atoms with E-state index in [-0.39, 0.29) is 12.3 Å². The smallest absolute Gasteiger partial charge is 0.245 e. The molecule has 8 heteroatoms. The van der Waals surface area contributed by atoms with Crippen molar-refractivity contribution in [2.24, 2.45) is 0 Å². The number of carbonyl (C=O) groups excluding carboxylic acids is 1. The number of rotatable bonds is 6. The van der Waals surface area contributed by atoms with E-state index in [1.165, 1.54) is 0 Å². The molecule has 0 saturated heterocycles. The van der Waals surface area contributed by atoms with Crippen LogP contribution in [-0.4, -0.2) is 39.8 Å². The van der Waals surface area contributed by atoms with E-state index < -0.39 is 15.9 Å². The lowest BCUT2D eigenvalue weighted by Gasteiger charge is -2.25. The first kappa shape index (κ1) is 20.0. The maximum absolute atomic E-state index is 12.6. The number of nitrogens with one attached hydrogen (secondary N) is 1. The highest BCUT2D eigenvalue weighted by atomic mass is 32.2. The van der Waals surface area contributed by atoms with Crippen LogP contribution in [0, 0.1) is 13.8 Å². The highest BCUT2D eigenvalue weighted by molar-refractivity contribution is 7.92. The summed E-state index contributed by atoms with van der Waals surface area (Å²) in [5, 5.41) is 2.77. The molecule has 150 valence electrons. The number of anilines is 2. The van der Waals surface area contributed by atoms with Crippen LogP contribution in [0.5, 0.6) is 11.5 Å². The molecule has 7 nitrogen and oxygen atoms in total. The Morgan fingerprint density at radius 1 is 1.04 bits per heavy atom. The van der Waals surface area contributed by atoms with Gasteiger partial charge in [0.1, 0.15) is 19.8 Å². The second-order valence-corrected chi connectivity index (χ2v) is 8.76. The van der Waals surface area contributed by atoms with Gasteiger partial charge in [-0.15, -0.1) is 0 Å². The summed E-state index contributed by atoms with van der Waals surface area (Å²) in [6.07, 6.45) is 0. The monoisotopic (exact) mass is 404 g/mol. The Morgan fingerprint density at radius 3 is 2.43 bits per heavy atom. The summed E-state index contributed by atoms with van der Waals surface area (Å²) >= 11 is 0. The highest BCUT2D eigenvalue weighted by Gasteiger charge is 2.25. The van der Waals surface area contributed by atoms with Crippen molar-refractivity contribution in [3.8, 4) is 11.5 Å². The molecule has 3 rings (SSSR count). The first-order valence-electron chi connectivity index (χ1n) is 9.07. The van der Waals surface area contributed by atoms with Crippen molar-refractivity contribution in [1.82, 2.24) is 0 Å². The number of aryl methyl sites for hydroxylation is 2. The Balaban J connectivity index is 1.84. The number of nitrogens with zero attached hydrogens (tertiary/aromatic N) is 1. The second kappa shape index (κ2) is 8.10. The van der Waals surface area contributed by atoms with Crippen molar-refractivity contribution in [1.29, 1.82) is 0 Å². The summed E-state index contributed by atoms with van der Waals surface area (Å²) in [5.74, 6) is 0.478. The highest BCUT2D eigenvalue weighted by Crippen LogP contribution is 2.34. The third kappa shape index (κ3) is 4.39. The maximum Gasteiger partial charge on any atom is 0.245 e. The Labute approximate surface area is 165 Å². The summed E-state index contributed by atoms with van der Waals surface area (Å²) in [4.78, 5) is 12.6. The number of sulfonamides is 1. The van der Waals surface area contributed by atoms with E-state index in [4.69, 9.17) is 9.47 Å². The molecular weight excluding hydrogens is 380 g/mol. The van der Waals surface area contributed by atoms with Gasteiger partial charge >= 0.3 is 0 Å². The fourth-order valence-electron chi connectivity index (χ4n) is 2.84. The summed E-state index contributed by atoms with van der Waals surface area (Å²) in [7, 11) is -3.67. The second-order valence-electron chi connectivity index (χ2n) is 6.58. The summed E-state index contributed by atoms with van der Waals surface area (Å²) < 4.78 is 37.4. The van der Waals surface area contributed by atoms with Crippen LogP contribution in [-0.2, 0) is 14.8 Å². The lowest BCUT2D eigenvalue weighted by molar-refractivity contribution is -0.114. The first-order valence-corrected chi connectivity index (χ1v) is 10.7. The molecule has 0 saturated carbocycles. The average Bonchev–Trinajstić information content (AvgIpc) is 2.68.